The van der Waals surface area contributed by atoms with Crippen molar-refractivity contribution in [3.05, 3.63) is 0 Å². The third-order valence-corrected chi connectivity index (χ3v) is 1.45. The van der Waals surface area contributed by atoms with Crippen molar-refractivity contribution in [1.82, 2.24) is 5.06 Å². The zero-order chi connectivity index (χ0) is 8.97. The average Bonchev–Trinajstić information content (AvgIpc) is 2.37. The molecule has 1 heterocycles. The molecule has 0 atom stereocenters. The third-order valence-electron chi connectivity index (χ3n) is 1.45. The first kappa shape index (κ1) is 9.03. The quantitative estimate of drug-likeness (QED) is 0.630. The van der Waals surface area contributed by atoms with E-state index in [1.807, 2.05) is 13.8 Å². The highest BCUT2D eigenvalue weighted by atomic mass is 16.7. The lowest BCUT2D eigenvalue weighted by Crippen LogP contribution is -2.24. The van der Waals surface area contributed by atoms with Crippen molar-refractivity contribution in [3.63, 3.8) is 0 Å². The Kier molecular flexibility index (Phi) is 3.08. The molecule has 0 fully saturated rings. The van der Waals surface area contributed by atoms with Gasteiger partial charge < -0.3 is 4.84 Å². The summed E-state index contributed by atoms with van der Waals surface area (Å²) in [7, 11) is 0. The average molecular weight is 170 g/mol. The Morgan fingerprint density at radius 1 is 1.75 bits per heavy atom. The maximum Gasteiger partial charge on any atom is 0.332 e. The molecule has 0 bridgehead atoms. The molecule has 0 radical (unpaired) electrons. The van der Waals surface area contributed by atoms with Crippen molar-refractivity contribution in [2.24, 2.45) is 10.9 Å². The molecule has 4 nitrogen and oxygen atoms in total. The molecule has 1 rings (SSSR count). The minimum Gasteiger partial charge on any atom is -0.340 e. The lowest BCUT2D eigenvalue weighted by Gasteiger charge is -2.13. The first-order chi connectivity index (χ1) is 5.68. The van der Waals surface area contributed by atoms with E-state index in [0.29, 0.717) is 18.9 Å². The Morgan fingerprint density at radius 3 is 3.00 bits per heavy atom. The van der Waals surface area contributed by atoms with Crippen LogP contribution in [0.15, 0.2) is 4.99 Å². The van der Waals surface area contributed by atoms with Gasteiger partial charge in [-0.3, -0.25) is 4.99 Å². The molecular formula is C8H14N2O2. The molecule has 0 spiro atoms. The van der Waals surface area contributed by atoms with Crippen LogP contribution in [0.5, 0.6) is 0 Å². The molecule has 0 amide bonds. The van der Waals surface area contributed by atoms with E-state index in [4.69, 9.17) is 4.84 Å². The predicted molar refractivity (Wildman–Crippen MR) is 45.6 cm³/mol. The van der Waals surface area contributed by atoms with Crippen molar-refractivity contribution in [3.8, 4) is 0 Å². The van der Waals surface area contributed by atoms with Gasteiger partial charge in [-0.1, -0.05) is 13.8 Å². The molecule has 0 aliphatic carbocycles. The molecule has 1 aliphatic rings. The number of hydrogen-bond donors (Lipinski definition) is 0. The second-order valence-electron chi connectivity index (χ2n) is 3.22. The van der Waals surface area contributed by atoms with Crippen LogP contribution >= 0.6 is 0 Å². The fourth-order valence-electron chi connectivity index (χ4n) is 0.933. The van der Waals surface area contributed by atoms with Gasteiger partial charge in [0.25, 0.3) is 0 Å². The molecule has 12 heavy (non-hydrogen) atoms. The van der Waals surface area contributed by atoms with Crippen LogP contribution in [-0.4, -0.2) is 30.5 Å². The van der Waals surface area contributed by atoms with E-state index in [0.717, 1.165) is 6.54 Å². The molecule has 0 saturated heterocycles. The molecule has 0 saturated carbocycles. The number of nitrogens with zero attached hydrogens (tertiary/aromatic N) is 2. The van der Waals surface area contributed by atoms with Crippen LogP contribution in [0.1, 0.15) is 20.3 Å². The normalized spacial score (nSPS) is 15.8. The van der Waals surface area contributed by atoms with Gasteiger partial charge in [0.15, 0.2) is 0 Å². The van der Waals surface area contributed by atoms with Crippen LogP contribution in [0.25, 0.3) is 0 Å². The van der Waals surface area contributed by atoms with Crippen LogP contribution in [0.2, 0.25) is 0 Å². The Morgan fingerprint density at radius 2 is 2.50 bits per heavy atom. The lowest BCUT2D eigenvalue weighted by atomic mass is 10.1. The maximum atomic E-state index is 11.1. The van der Waals surface area contributed by atoms with Gasteiger partial charge in [0.05, 0.1) is 19.5 Å². The molecule has 1 aliphatic heterocycles. The number of rotatable bonds is 3. The monoisotopic (exact) mass is 170 g/mol. The number of hydroxylamine groups is 2. The van der Waals surface area contributed by atoms with E-state index in [-0.39, 0.29) is 5.97 Å². The van der Waals surface area contributed by atoms with Gasteiger partial charge in [0, 0.05) is 0 Å². The van der Waals surface area contributed by atoms with Gasteiger partial charge in [-0.25, -0.2) is 4.79 Å². The molecule has 0 aromatic heterocycles. The number of aliphatic imine (C=N–C) groups is 1. The van der Waals surface area contributed by atoms with Gasteiger partial charge in [-0.2, -0.15) is 5.06 Å². The van der Waals surface area contributed by atoms with Gasteiger partial charge in [0.2, 0.25) is 0 Å². The zero-order valence-corrected chi connectivity index (χ0v) is 7.49. The summed E-state index contributed by atoms with van der Waals surface area (Å²) in [5, 5.41) is 1.48. The summed E-state index contributed by atoms with van der Waals surface area (Å²) < 4.78 is 0. The largest absolute Gasteiger partial charge is 0.340 e. The van der Waals surface area contributed by atoms with Crippen LogP contribution in [0.3, 0.4) is 0 Å². The molecule has 4 heteroatoms. The smallest absolute Gasteiger partial charge is 0.332 e. The summed E-state index contributed by atoms with van der Waals surface area (Å²) in [4.78, 5) is 20.0. The summed E-state index contributed by atoms with van der Waals surface area (Å²) in [5.74, 6) is 0.162. The maximum absolute atomic E-state index is 11.1. The van der Waals surface area contributed by atoms with Crippen LogP contribution in [-0.2, 0) is 9.63 Å². The van der Waals surface area contributed by atoms with Gasteiger partial charge in [-0.05, 0) is 5.92 Å². The summed E-state index contributed by atoms with van der Waals surface area (Å²) in [6.07, 6.45) is 2.02. The van der Waals surface area contributed by atoms with E-state index < -0.39 is 0 Å². The SMILES string of the molecule is CC(C)CC(=O)ON1C=NCC1. The Balaban J connectivity index is 2.21. The van der Waals surface area contributed by atoms with Gasteiger partial charge in [-0.15, -0.1) is 0 Å². The second-order valence-corrected chi connectivity index (χ2v) is 3.22. The topological polar surface area (TPSA) is 41.9 Å². The highest BCUT2D eigenvalue weighted by molar-refractivity contribution is 5.71. The molecule has 0 aromatic carbocycles. The van der Waals surface area contributed by atoms with Crippen molar-refractivity contribution >= 4 is 12.3 Å². The Labute approximate surface area is 72.2 Å². The lowest BCUT2D eigenvalue weighted by molar-refractivity contribution is -0.171. The van der Waals surface area contributed by atoms with E-state index >= 15 is 0 Å². The van der Waals surface area contributed by atoms with Crippen molar-refractivity contribution in [1.29, 1.82) is 0 Å². The fraction of sp³-hybridized carbons (Fsp3) is 0.750. The summed E-state index contributed by atoms with van der Waals surface area (Å²) in [5.41, 5.74) is 0. The third kappa shape index (κ3) is 2.90. The van der Waals surface area contributed by atoms with E-state index in [1.54, 1.807) is 6.34 Å². The van der Waals surface area contributed by atoms with E-state index in [2.05, 4.69) is 4.99 Å². The van der Waals surface area contributed by atoms with Gasteiger partial charge in [0.1, 0.15) is 6.34 Å². The molecule has 0 N–H and O–H groups in total. The zero-order valence-electron chi connectivity index (χ0n) is 7.49. The molecule has 0 unspecified atom stereocenters. The highest BCUT2D eigenvalue weighted by Crippen LogP contribution is 2.03. The summed E-state index contributed by atoms with van der Waals surface area (Å²) in [6, 6.07) is 0. The first-order valence-electron chi connectivity index (χ1n) is 4.16. The van der Waals surface area contributed by atoms with E-state index in [9.17, 15) is 4.79 Å². The molecular weight excluding hydrogens is 156 g/mol. The fourth-order valence-corrected chi connectivity index (χ4v) is 0.933. The summed E-state index contributed by atoms with van der Waals surface area (Å²) in [6.45, 7) is 5.37. The standard InChI is InChI=1S/C8H14N2O2/c1-7(2)5-8(11)12-10-4-3-9-6-10/h6-7H,3-5H2,1-2H3. The summed E-state index contributed by atoms with van der Waals surface area (Å²) >= 11 is 0. The van der Waals surface area contributed by atoms with Crippen LogP contribution < -0.4 is 0 Å². The second kappa shape index (κ2) is 4.09. The highest BCUT2D eigenvalue weighted by Gasteiger charge is 2.12. The molecule has 0 aromatic rings. The van der Waals surface area contributed by atoms with Crippen molar-refractivity contribution < 1.29 is 9.63 Å². The number of carbonyl (C=O) groups excluding carboxylic acids is 1. The first-order valence-corrected chi connectivity index (χ1v) is 4.16. The van der Waals surface area contributed by atoms with Crippen molar-refractivity contribution in [2.45, 2.75) is 20.3 Å². The number of carbonyl (C=O) groups is 1. The Bertz CT molecular complexity index is 189. The van der Waals surface area contributed by atoms with Crippen LogP contribution in [0.4, 0.5) is 0 Å². The van der Waals surface area contributed by atoms with Gasteiger partial charge >= 0.3 is 5.97 Å². The molecule has 68 valence electrons. The number of hydrogen-bond acceptors (Lipinski definition) is 4. The minimum absolute atomic E-state index is 0.182. The predicted octanol–water partition coefficient (Wildman–Crippen LogP) is 0.835. The van der Waals surface area contributed by atoms with Crippen LogP contribution in [0, 0.1) is 5.92 Å². The van der Waals surface area contributed by atoms with E-state index in [1.165, 1.54) is 5.06 Å². The Hall–Kier alpha value is -1.06. The van der Waals surface area contributed by atoms with Crippen molar-refractivity contribution in [2.75, 3.05) is 13.1 Å². The minimum atomic E-state index is -0.182.